The normalized spacial score (nSPS) is 12.1. The Labute approximate surface area is 204 Å². The molecule has 0 radical (unpaired) electrons. The first kappa shape index (κ1) is 25.4. The Morgan fingerprint density at radius 1 is 1.00 bits per heavy atom. The fourth-order valence-corrected chi connectivity index (χ4v) is 4.78. The number of amides is 1. The van der Waals surface area contributed by atoms with E-state index in [-0.39, 0.29) is 22.1 Å². The Morgan fingerprint density at radius 2 is 1.74 bits per heavy atom. The Balaban J connectivity index is 1.88. The lowest BCUT2D eigenvalue weighted by molar-refractivity contribution is -0.117. The van der Waals surface area contributed by atoms with E-state index >= 15 is 0 Å². The topological polar surface area (TPSA) is 102 Å². The summed E-state index contributed by atoms with van der Waals surface area (Å²) < 4.78 is 34.1. The van der Waals surface area contributed by atoms with E-state index in [1.807, 2.05) is 6.07 Å². The van der Waals surface area contributed by atoms with E-state index < -0.39 is 22.0 Å². The largest absolute Gasteiger partial charge is 0.492 e. The van der Waals surface area contributed by atoms with Gasteiger partial charge in [-0.3, -0.25) is 9.59 Å². The number of rotatable bonds is 10. The Kier molecular flexibility index (Phi) is 8.44. The molecule has 3 rings (SSSR count). The van der Waals surface area contributed by atoms with E-state index in [1.165, 1.54) is 25.1 Å². The number of Topliss-reactive ketones (excluding diaryl/α,β-unsaturated/α-hetero) is 1. The molecule has 0 saturated carbocycles. The number of carbonyl (C=O) groups excluding carboxylic acids is 2. The first-order chi connectivity index (χ1) is 16.2. The predicted octanol–water partition coefficient (Wildman–Crippen LogP) is 4.47. The van der Waals surface area contributed by atoms with Crippen LogP contribution in [0.1, 0.15) is 29.8 Å². The van der Waals surface area contributed by atoms with Gasteiger partial charge in [-0.25, -0.2) is 8.42 Å². The standard InChI is InChI=1S/C25H25ClN2O5S/c1-3-33-24-13-12-21(16-22(24)26)34(31,32)28-23(14-18-8-5-4-6-9-18)25(30)27-20-11-7-10-19(15-20)17(2)29/h4-13,15-16,23,28H,3,14H2,1-2H3,(H,27,30)/t23-/m1/s1. The second-order valence-electron chi connectivity index (χ2n) is 7.52. The smallest absolute Gasteiger partial charge is 0.242 e. The molecular weight excluding hydrogens is 476 g/mol. The second-order valence-corrected chi connectivity index (χ2v) is 9.64. The molecule has 178 valence electrons. The van der Waals surface area contributed by atoms with Crippen LogP contribution in [0.15, 0.2) is 77.7 Å². The Bertz CT molecular complexity index is 1280. The second kappa shape index (κ2) is 11.3. The minimum Gasteiger partial charge on any atom is -0.492 e. The van der Waals surface area contributed by atoms with Gasteiger partial charge in [-0.1, -0.05) is 54.1 Å². The van der Waals surface area contributed by atoms with Crippen LogP contribution in [0, 0.1) is 0 Å². The molecule has 0 fully saturated rings. The van der Waals surface area contributed by atoms with Crippen LogP contribution in [-0.4, -0.2) is 32.8 Å². The highest BCUT2D eigenvalue weighted by atomic mass is 35.5. The van der Waals surface area contributed by atoms with E-state index in [2.05, 4.69) is 10.0 Å². The molecule has 3 aromatic rings. The zero-order chi connectivity index (χ0) is 24.7. The Hall–Kier alpha value is -3.20. The molecule has 3 aromatic carbocycles. The predicted molar refractivity (Wildman–Crippen MR) is 132 cm³/mol. The summed E-state index contributed by atoms with van der Waals surface area (Å²) in [6, 6.07) is 18.5. The van der Waals surface area contributed by atoms with Crippen molar-refractivity contribution in [3.05, 3.63) is 88.9 Å². The average Bonchev–Trinajstić information content (AvgIpc) is 2.80. The molecule has 0 unspecified atom stereocenters. The van der Waals surface area contributed by atoms with Gasteiger partial charge in [0.25, 0.3) is 0 Å². The molecule has 0 bridgehead atoms. The summed E-state index contributed by atoms with van der Waals surface area (Å²) in [4.78, 5) is 24.7. The van der Waals surface area contributed by atoms with Gasteiger partial charge < -0.3 is 10.1 Å². The third-order valence-electron chi connectivity index (χ3n) is 4.95. The van der Waals surface area contributed by atoms with Crippen molar-refractivity contribution in [3.8, 4) is 5.75 Å². The van der Waals surface area contributed by atoms with E-state index in [0.29, 0.717) is 23.6 Å². The highest BCUT2D eigenvalue weighted by Crippen LogP contribution is 2.27. The van der Waals surface area contributed by atoms with Gasteiger partial charge in [0, 0.05) is 11.3 Å². The molecule has 0 heterocycles. The minimum atomic E-state index is -4.10. The molecule has 2 N–H and O–H groups in total. The van der Waals surface area contributed by atoms with Gasteiger partial charge in [0.05, 0.1) is 16.5 Å². The van der Waals surface area contributed by atoms with Crippen LogP contribution in [0.3, 0.4) is 0 Å². The summed E-state index contributed by atoms with van der Waals surface area (Å²) in [5.41, 5.74) is 1.59. The van der Waals surface area contributed by atoms with Crippen molar-refractivity contribution in [2.24, 2.45) is 0 Å². The maximum Gasteiger partial charge on any atom is 0.242 e. The lowest BCUT2D eigenvalue weighted by Gasteiger charge is -2.19. The van der Waals surface area contributed by atoms with Crippen molar-refractivity contribution < 1.29 is 22.7 Å². The molecular formula is C25H25ClN2O5S. The van der Waals surface area contributed by atoms with Crippen molar-refractivity contribution in [2.75, 3.05) is 11.9 Å². The lowest BCUT2D eigenvalue weighted by atomic mass is 10.1. The van der Waals surface area contributed by atoms with Crippen LogP contribution >= 0.6 is 11.6 Å². The van der Waals surface area contributed by atoms with Gasteiger partial charge in [-0.05, 0) is 56.2 Å². The molecule has 0 aromatic heterocycles. The van der Waals surface area contributed by atoms with Gasteiger partial charge >= 0.3 is 0 Å². The van der Waals surface area contributed by atoms with E-state index in [9.17, 15) is 18.0 Å². The third kappa shape index (κ3) is 6.66. The highest BCUT2D eigenvalue weighted by molar-refractivity contribution is 7.89. The molecule has 9 heteroatoms. The van der Waals surface area contributed by atoms with Crippen LogP contribution in [0.2, 0.25) is 5.02 Å². The van der Waals surface area contributed by atoms with E-state index in [1.54, 1.807) is 55.5 Å². The van der Waals surface area contributed by atoms with Crippen molar-refractivity contribution in [2.45, 2.75) is 31.2 Å². The third-order valence-corrected chi connectivity index (χ3v) is 6.71. The molecule has 0 aliphatic rings. The summed E-state index contributed by atoms with van der Waals surface area (Å²) in [6.07, 6.45) is 0.114. The molecule has 7 nitrogen and oxygen atoms in total. The number of nitrogens with one attached hydrogen (secondary N) is 2. The minimum absolute atomic E-state index is 0.0922. The number of sulfonamides is 1. The monoisotopic (exact) mass is 500 g/mol. The maximum absolute atomic E-state index is 13.1. The molecule has 34 heavy (non-hydrogen) atoms. The number of hydrogen-bond acceptors (Lipinski definition) is 5. The number of ether oxygens (including phenoxy) is 1. The molecule has 1 atom stereocenters. The summed E-state index contributed by atoms with van der Waals surface area (Å²) in [5, 5.41) is 2.85. The van der Waals surface area contributed by atoms with Gasteiger partial charge in [-0.2, -0.15) is 4.72 Å². The zero-order valence-electron chi connectivity index (χ0n) is 18.7. The SMILES string of the molecule is CCOc1ccc(S(=O)(=O)N[C@H](Cc2ccccc2)C(=O)Nc2cccc(C(C)=O)c2)cc1Cl. The average molecular weight is 501 g/mol. The van der Waals surface area contributed by atoms with Crippen molar-refractivity contribution in [3.63, 3.8) is 0 Å². The van der Waals surface area contributed by atoms with Crippen LogP contribution in [-0.2, 0) is 21.2 Å². The van der Waals surface area contributed by atoms with Gasteiger partial charge in [0.15, 0.2) is 5.78 Å². The molecule has 0 spiro atoms. The number of ketones is 1. The summed E-state index contributed by atoms with van der Waals surface area (Å²) in [5.74, 6) is -0.345. The fraction of sp³-hybridized carbons (Fsp3) is 0.200. The van der Waals surface area contributed by atoms with Crippen LogP contribution < -0.4 is 14.8 Å². The summed E-state index contributed by atoms with van der Waals surface area (Å²) in [7, 11) is -4.10. The zero-order valence-corrected chi connectivity index (χ0v) is 20.3. The number of halogens is 1. The molecule has 0 saturated heterocycles. The fourth-order valence-electron chi connectivity index (χ4n) is 3.26. The summed E-state index contributed by atoms with van der Waals surface area (Å²) >= 11 is 6.17. The molecule has 0 aliphatic heterocycles. The first-order valence-electron chi connectivity index (χ1n) is 10.6. The van der Waals surface area contributed by atoms with E-state index in [4.69, 9.17) is 16.3 Å². The van der Waals surface area contributed by atoms with Gasteiger partial charge in [0.1, 0.15) is 11.8 Å². The number of anilines is 1. The highest BCUT2D eigenvalue weighted by Gasteiger charge is 2.27. The van der Waals surface area contributed by atoms with Crippen LogP contribution in [0.25, 0.3) is 0 Å². The van der Waals surface area contributed by atoms with Crippen molar-refractivity contribution in [1.82, 2.24) is 4.72 Å². The van der Waals surface area contributed by atoms with Gasteiger partial charge in [0.2, 0.25) is 15.9 Å². The summed E-state index contributed by atoms with van der Waals surface area (Å²) in [6.45, 7) is 3.60. The van der Waals surface area contributed by atoms with Crippen molar-refractivity contribution >= 4 is 39.0 Å². The first-order valence-corrected chi connectivity index (χ1v) is 12.5. The number of carbonyl (C=O) groups is 2. The maximum atomic E-state index is 13.1. The quantitative estimate of drug-likeness (QED) is 0.400. The van der Waals surface area contributed by atoms with Crippen molar-refractivity contribution in [1.29, 1.82) is 0 Å². The Morgan fingerprint density at radius 3 is 2.38 bits per heavy atom. The number of benzene rings is 3. The van der Waals surface area contributed by atoms with Crippen LogP contribution in [0.5, 0.6) is 5.75 Å². The van der Waals surface area contributed by atoms with Gasteiger partial charge in [-0.15, -0.1) is 0 Å². The number of hydrogen-bond donors (Lipinski definition) is 2. The molecule has 1 amide bonds. The van der Waals surface area contributed by atoms with E-state index in [0.717, 1.165) is 5.56 Å². The molecule has 0 aliphatic carbocycles. The lowest BCUT2D eigenvalue weighted by Crippen LogP contribution is -2.45. The van der Waals surface area contributed by atoms with Crippen LogP contribution in [0.4, 0.5) is 5.69 Å².